The summed E-state index contributed by atoms with van der Waals surface area (Å²) in [5.74, 6) is 1.41. The van der Waals surface area contributed by atoms with Gasteiger partial charge in [0.1, 0.15) is 0 Å². The van der Waals surface area contributed by atoms with Crippen LogP contribution in [-0.4, -0.2) is 36.6 Å². The van der Waals surface area contributed by atoms with Gasteiger partial charge in [0, 0.05) is 24.4 Å². The Kier molecular flexibility index (Phi) is 5.15. The highest BCUT2D eigenvalue weighted by molar-refractivity contribution is 7.09. The van der Waals surface area contributed by atoms with E-state index in [0.717, 1.165) is 12.5 Å². The standard InChI is InChI=1S/C14H25N3S/c1-11(2)14-16-13(10-18-14)9-17(3)8-12-4-6-15-7-5-12/h10-12,15H,4-9H2,1-3H3. The third-order valence-corrected chi connectivity index (χ3v) is 4.72. The van der Waals surface area contributed by atoms with Gasteiger partial charge in [-0.15, -0.1) is 11.3 Å². The molecule has 4 heteroatoms. The summed E-state index contributed by atoms with van der Waals surface area (Å²) >= 11 is 1.80. The van der Waals surface area contributed by atoms with Gasteiger partial charge in [-0.3, -0.25) is 0 Å². The lowest BCUT2D eigenvalue weighted by Crippen LogP contribution is -2.34. The van der Waals surface area contributed by atoms with E-state index >= 15 is 0 Å². The molecule has 1 fully saturated rings. The second-order valence-electron chi connectivity index (χ2n) is 5.72. The molecule has 0 amide bonds. The summed E-state index contributed by atoms with van der Waals surface area (Å²) in [6, 6.07) is 0. The first-order valence-electron chi connectivity index (χ1n) is 6.98. The van der Waals surface area contributed by atoms with E-state index in [4.69, 9.17) is 4.98 Å². The number of piperidine rings is 1. The SMILES string of the molecule is CC(C)c1nc(CN(C)CC2CCNCC2)cs1. The smallest absolute Gasteiger partial charge is 0.0954 e. The van der Waals surface area contributed by atoms with Crippen molar-refractivity contribution in [3.63, 3.8) is 0 Å². The fourth-order valence-electron chi connectivity index (χ4n) is 2.51. The zero-order valence-electron chi connectivity index (χ0n) is 11.8. The monoisotopic (exact) mass is 267 g/mol. The minimum atomic E-state index is 0.554. The summed E-state index contributed by atoms with van der Waals surface area (Å²) in [6.07, 6.45) is 2.64. The van der Waals surface area contributed by atoms with E-state index in [1.165, 1.54) is 43.2 Å². The average Bonchev–Trinajstić information content (AvgIpc) is 2.78. The van der Waals surface area contributed by atoms with Crippen LogP contribution in [0.25, 0.3) is 0 Å². The van der Waals surface area contributed by atoms with Crippen molar-refractivity contribution >= 4 is 11.3 Å². The van der Waals surface area contributed by atoms with Crippen LogP contribution in [0.3, 0.4) is 0 Å². The van der Waals surface area contributed by atoms with E-state index in [1.54, 1.807) is 11.3 Å². The maximum absolute atomic E-state index is 4.71. The molecule has 18 heavy (non-hydrogen) atoms. The highest BCUT2D eigenvalue weighted by atomic mass is 32.1. The molecule has 0 radical (unpaired) electrons. The highest BCUT2D eigenvalue weighted by Gasteiger charge is 2.16. The Hall–Kier alpha value is -0.450. The summed E-state index contributed by atoms with van der Waals surface area (Å²) < 4.78 is 0. The molecule has 0 spiro atoms. The fraction of sp³-hybridized carbons (Fsp3) is 0.786. The van der Waals surface area contributed by atoms with Crippen molar-refractivity contribution < 1.29 is 0 Å². The van der Waals surface area contributed by atoms with E-state index in [0.29, 0.717) is 5.92 Å². The van der Waals surface area contributed by atoms with Crippen LogP contribution in [0.15, 0.2) is 5.38 Å². The number of hydrogen-bond acceptors (Lipinski definition) is 4. The Morgan fingerprint density at radius 2 is 2.17 bits per heavy atom. The molecule has 1 aromatic heterocycles. The van der Waals surface area contributed by atoms with Crippen LogP contribution in [0.4, 0.5) is 0 Å². The molecular weight excluding hydrogens is 242 g/mol. The molecule has 0 unspecified atom stereocenters. The van der Waals surface area contributed by atoms with Crippen molar-refractivity contribution in [2.24, 2.45) is 5.92 Å². The molecule has 1 aliphatic rings. The first-order chi connectivity index (χ1) is 8.65. The lowest BCUT2D eigenvalue weighted by atomic mass is 9.98. The molecule has 0 aliphatic carbocycles. The van der Waals surface area contributed by atoms with Crippen molar-refractivity contribution in [3.8, 4) is 0 Å². The molecule has 2 rings (SSSR count). The second-order valence-corrected chi connectivity index (χ2v) is 6.61. The molecule has 3 nitrogen and oxygen atoms in total. The van der Waals surface area contributed by atoms with Crippen molar-refractivity contribution in [2.45, 2.75) is 39.2 Å². The Bertz CT molecular complexity index is 356. The molecule has 0 bridgehead atoms. The summed E-state index contributed by atoms with van der Waals surface area (Å²) in [7, 11) is 2.22. The number of thiazole rings is 1. The summed E-state index contributed by atoms with van der Waals surface area (Å²) in [6.45, 7) is 8.99. The van der Waals surface area contributed by atoms with E-state index in [9.17, 15) is 0 Å². The zero-order chi connectivity index (χ0) is 13.0. The average molecular weight is 267 g/mol. The van der Waals surface area contributed by atoms with Crippen molar-refractivity contribution in [1.82, 2.24) is 15.2 Å². The third-order valence-electron chi connectivity index (χ3n) is 3.52. The molecule has 1 aromatic rings. The van der Waals surface area contributed by atoms with Crippen molar-refractivity contribution in [3.05, 3.63) is 16.1 Å². The van der Waals surface area contributed by atoms with E-state index in [-0.39, 0.29) is 0 Å². The fourth-order valence-corrected chi connectivity index (χ4v) is 3.33. The Labute approximate surface area is 115 Å². The number of nitrogens with zero attached hydrogens (tertiary/aromatic N) is 2. The molecular formula is C14H25N3S. The summed E-state index contributed by atoms with van der Waals surface area (Å²) in [4.78, 5) is 7.13. The predicted octanol–water partition coefficient (Wildman–Crippen LogP) is 2.70. The molecule has 1 saturated heterocycles. The molecule has 1 N–H and O–H groups in total. The first kappa shape index (κ1) is 14.0. The number of nitrogens with one attached hydrogen (secondary N) is 1. The van der Waals surface area contributed by atoms with Crippen LogP contribution in [0.1, 0.15) is 43.3 Å². The summed E-state index contributed by atoms with van der Waals surface area (Å²) in [5, 5.41) is 6.90. The van der Waals surface area contributed by atoms with Gasteiger partial charge in [-0.1, -0.05) is 13.8 Å². The quantitative estimate of drug-likeness (QED) is 0.889. The van der Waals surface area contributed by atoms with Gasteiger partial charge >= 0.3 is 0 Å². The van der Waals surface area contributed by atoms with Gasteiger partial charge in [-0.05, 0) is 38.9 Å². The summed E-state index contributed by atoms with van der Waals surface area (Å²) in [5.41, 5.74) is 1.24. The van der Waals surface area contributed by atoms with Crippen LogP contribution < -0.4 is 5.32 Å². The van der Waals surface area contributed by atoms with Gasteiger partial charge in [-0.25, -0.2) is 4.98 Å². The van der Waals surface area contributed by atoms with Crippen LogP contribution >= 0.6 is 11.3 Å². The van der Waals surface area contributed by atoms with Crippen LogP contribution in [-0.2, 0) is 6.54 Å². The minimum Gasteiger partial charge on any atom is -0.317 e. The van der Waals surface area contributed by atoms with Crippen molar-refractivity contribution in [2.75, 3.05) is 26.7 Å². The normalized spacial score (nSPS) is 17.8. The predicted molar refractivity (Wildman–Crippen MR) is 78.1 cm³/mol. The maximum Gasteiger partial charge on any atom is 0.0954 e. The molecule has 0 saturated carbocycles. The van der Waals surface area contributed by atoms with E-state index in [2.05, 4.69) is 36.5 Å². The molecule has 0 aromatic carbocycles. The second kappa shape index (κ2) is 6.64. The van der Waals surface area contributed by atoms with Crippen LogP contribution in [0, 0.1) is 5.92 Å². The largest absolute Gasteiger partial charge is 0.317 e. The molecule has 102 valence electrons. The zero-order valence-corrected chi connectivity index (χ0v) is 12.6. The third kappa shape index (κ3) is 4.04. The number of aromatic nitrogens is 1. The van der Waals surface area contributed by atoms with Crippen LogP contribution in [0.2, 0.25) is 0 Å². The van der Waals surface area contributed by atoms with Gasteiger partial charge in [0.2, 0.25) is 0 Å². The number of rotatable bonds is 5. The first-order valence-corrected chi connectivity index (χ1v) is 7.86. The Morgan fingerprint density at radius 3 is 2.78 bits per heavy atom. The van der Waals surface area contributed by atoms with Crippen molar-refractivity contribution in [1.29, 1.82) is 0 Å². The minimum absolute atomic E-state index is 0.554. The van der Waals surface area contributed by atoms with Gasteiger partial charge in [0.25, 0.3) is 0 Å². The van der Waals surface area contributed by atoms with Gasteiger partial charge in [0.05, 0.1) is 10.7 Å². The molecule has 0 atom stereocenters. The Balaban J connectivity index is 1.80. The van der Waals surface area contributed by atoms with Gasteiger partial charge in [0.15, 0.2) is 0 Å². The van der Waals surface area contributed by atoms with E-state index in [1.807, 2.05) is 0 Å². The van der Waals surface area contributed by atoms with Crippen LogP contribution in [0.5, 0.6) is 0 Å². The van der Waals surface area contributed by atoms with E-state index < -0.39 is 0 Å². The molecule has 1 aliphatic heterocycles. The highest BCUT2D eigenvalue weighted by Crippen LogP contribution is 2.20. The van der Waals surface area contributed by atoms with Gasteiger partial charge in [-0.2, -0.15) is 0 Å². The topological polar surface area (TPSA) is 28.2 Å². The molecule has 2 heterocycles. The lowest BCUT2D eigenvalue weighted by molar-refractivity contribution is 0.233. The lowest BCUT2D eigenvalue weighted by Gasteiger charge is -2.27. The number of hydrogen-bond donors (Lipinski definition) is 1. The van der Waals surface area contributed by atoms with Gasteiger partial charge < -0.3 is 10.2 Å². The Morgan fingerprint density at radius 1 is 1.44 bits per heavy atom. The maximum atomic E-state index is 4.71.